The van der Waals surface area contributed by atoms with E-state index in [9.17, 15) is 14.9 Å². The zero-order valence-electron chi connectivity index (χ0n) is 18.5. The molecule has 2 heterocycles. The van der Waals surface area contributed by atoms with Crippen molar-refractivity contribution in [3.05, 3.63) is 46.3 Å². The maximum Gasteiger partial charge on any atom is 0.353 e. The molecule has 0 atom stereocenters. The van der Waals surface area contributed by atoms with Gasteiger partial charge in [-0.1, -0.05) is 20.3 Å². The summed E-state index contributed by atoms with van der Waals surface area (Å²) in [6, 6.07) is 6.52. The van der Waals surface area contributed by atoms with Crippen LogP contribution in [0.3, 0.4) is 0 Å². The fraction of sp³-hybridized carbons (Fsp3) is 0.500. The number of rotatable bonds is 10. The number of likely N-dealkylation sites (tertiary alicyclic amines) is 1. The molecule has 3 rings (SSSR count). The van der Waals surface area contributed by atoms with Crippen molar-refractivity contribution in [1.29, 1.82) is 0 Å². The van der Waals surface area contributed by atoms with Crippen LogP contribution in [0.5, 0.6) is 0 Å². The monoisotopic (exact) mass is 442 g/mol. The third kappa shape index (κ3) is 6.61. The van der Waals surface area contributed by atoms with E-state index in [4.69, 9.17) is 4.74 Å². The Labute approximate surface area is 187 Å². The van der Waals surface area contributed by atoms with E-state index in [1.165, 1.54) is 25.6 Å². The number of nitrogens with zero attached hydrogens (tertiary/aromatic N) is 4. The SMILES string of the molecule is CC(C)COC(=O)c1ccc(Nc2ncnc(NCCN3CCCCC3)c2[N+](=O)[O-])cc1. The normalized spacial score (nSPS) is 14.2. The van der Waals surface area contributed by atoms with Crippen LogP contribution >= 0.6 is 0 Å². The minimum absolute atomic E-state index is 0.0839. The van der Waals surface area contributed by atoms with Gasteiger partial charge in [-0.05, 0) is 56.1 Å². The smallest absolute Gasteiger partial charge is 0.353 e. The van der Waals surface area contributed by atoms with Gasteiger partial charge < -0.3 is 20.3 Å². The Morgan fingerprint density at radius 1 is 1.16 bits per heavy atom. The maximum atomic E-state index is 12.1. The molecule has 0 aliphatic carbocycles. The molecule has 1 aromatic carbocycles. The molecule has 0 spiro atoms. The Kier molecular flexibility index (Phi) is 8.32. The number of aromatic nitrogens is 2. The second-order valence-electron chi connectivity index (χ2n) is 8.20. The number of anilines is 3. The summed E-state index contributed by atoms with van der Waals surface area (Å²) in [5.74, 6) is 0.110. The fourth-order valence-corrected chi connectivity index (χ4v) is 3.44. The lowest BCUT2D eigenvalue weighted by atomic mass is 10.1. The van der Waals surface area contributed by atoms with E-state index in [1.54, 1.807) is 24.3 Å². The quantitative estimate of drug-likeness (QED) is 0.321. The van der Waals surface area contributed by atoms with Gasteiger partial charge in [0.15, 0.2) is 0 Å². The van der Waals surface area contributed by atoms with Gasteiger partial charge in [0.25, 0.3) is 0 Å². The number of benzene rings is 1. The van der Waals surface area contributed by atoms with E-state index in [0.717, 1.165) is 19.6 Å². The van der Waals surface area contributed by atoms with Gasteiger partial charge in [-0.15, -0.1) is 0 Å². The molecule has 1 aromatic heterocycles. The lowest BCUT2D eigenvalue weighted by Crippen LogP contribution is -2.33. The van der Waals surface area contributed by atoms with Gasteiger partial charge in [-0.2, -0.15) is 0 Å². The zero-order valence-corrected chi connectivity index (χ0v) is 18.5. The van der Waals surface area contributed by atoms with Crippen LogP contribution in [0.1, 0.15) is 43.5 Å². The van der Waals surface area contributed by atoms with Crippen molar-refractivity contribution in [2.24, 2.45) is 5.92 Å². The molecule has 32 heavy (non-hydrogen) atoms. The summed E-state index contributed by atoms with van der Waals surface area (Å²) in [5.41, 5.74) is 0.756. The number of carbonyl (C=O) groups is 1. The first-order valence-corrected chi connectivity index (χ1v) is 10.9. The first-order valence-electron chi connectivity index (χ1n) is 10.9. The molecule has 0 amide bonds. The number of esters is 1. The number of hydrogen-bond acceptors (Lipinski definition) is 9. The van der Waals surface area contributed by atoms with Crippen LogP contribution in [-0.4, -0.2) is 58.5 Å². The van der Waals surface area contributed by atoms with E-state index in [2.05, 4.69) is 25.5 Å². The fourth-order valence-electron chi connectivity index (χ4n) is 3.44. The molecule has 2 N–H and O–H groups in total. The number of hydrogen-bond donors (Lipinski definition) is 2. The van der Waals surface area contributed by atoms with Crippen LogP contribution in [-0.2, 0) is 4.74 Å². The number of nitro groups is 1. The predicted octanol–water partition coefficient (Wildman–Crippen LogP) is 3.84. The number of piperidine rings is 1. The van der Waals surface area contributed by atoms with Crippen LogP contribution in [0, 0.1) is 16.0 Å². The van der Waals surface area contributed by atoms with E-state index in [0.29, 0.717) is 24.4 Å². The molecule has 1 fully saturated rings. The summed E-state index contributed by atoms with van der Waals surface area (Å²) in [6.45, 7) is 7.75. The first-order chi connectivity index (χ1) is 15.4. The second-order valence-corrected chi connectivity index (χ2v) is 8.20. The van der Waals surface area contributed by atoms with Crippen molar-refractivity contribution in [3.63, 3.8) is 0 Å². The van der Waals surface area contributed by atoms with Crippen molar-refractivity contribution in [2.75, 3.05) is 43.4 Å². The molecule has 0 saturated carbocycles. The van der Waals surface area contributed by atoms with E-state index in [-0.39, 0.29) is 23.2 Å². The minimum atomic E-state index is -0.497. The van der Waals surface area contributed by atoms with Crippen LogP contribution in [0.25, 0.3) is 0 Å². The molecule has 2 aromatic rings. The second kappa shape index (κ2) is 11.4. The summed E-state index contributed by atoms with van der Waals surface area (Å²) in [4.78, 5) is 33.8. The standard InChI is InChI=1S/C22H30N6O4/c1-16(2)14-32-22(29)17-6-8-18(9-7-17)26-21-19(28(30)31)20(24-15-25-21)23-10-13-27-11-4-3-5-12-27/h6-9,15-16H,3-5,10-14H2,1-2H3,(H2,23,24,25,26). The van der Waals surface area contributed by atoms with E-state index >= 15 is 0 Å². The average molecular weight is 443 g/mol. The first kappa shape index (κ1) is 23.4. The summed E-state index contributed by atoms with van der Waals surface area (Å²) >= 11 is 0. The highest BCUT2D eigenvalue weighted by atomic mass is 16.6. The Balaban J connectivity index is 1.66. The van der Waals surface area contributed by atoms with Crippen LogP contribution in [0.4, 0.5) is 23.0 Å². The Morgan fingerprint density at radius 3 is 2.50 bits per heavy atom. The van der Waals surface area contributed by atoms with Gasteiger partial charge in [0.2, 0.25) is 11.6 Å². The Bertz CT molecular complexity index is 913. The van der Waals surface area contributed by atoms with Crippen molar-refractivity contribution in [3.8, 4) is 0 Å². The number of nitrogens with one attached hydrogen (secondary N) is 2. The average Bonchev–Trinajstić information content (AvgIpc) is 2.78. The van der Waals surface area contributed by atoms with Crippen LogP contribution in [0.2, 0.25) is 0 Å². The van der Waals surface area contributed by atoms with E-state index < -0.39 is 10.9 Å². The summed E-state index contributed by atoms with van der Waals surface area (Å²) in [5, 5.41) is 17.8. The summed E-state index contributed by atoms with van der Waals surface area (Å²) < 4.78 is 5.21. The van der Waals surface area contributed by atoms with Gasteiger partial charge in [0.05, 0.1) is 17.1 Å². The Hall–Kier alpha value is -3.27. The topological polar surface area (TPSA) is 123 Å². The molecule has 10 heteroatoms. The molecule has 10 nitrogen and oxygen atoms in total. The molecular weight excluding hydrogens is 412 g/mol. The molecule has 0 bridgehead atoms. The number of carbonyl (C=O) groups excluding carboxylic acids is 1. The van der Waals surface area contributed by atoms with Gasteiger partial charge in [0, 0.05) is 18.8 Å². The van der Waals surface area contributed by atoms with Gasteiger partial charge in [-0.25, -0.2) is 14.8 Å². The third-order valence-corrected chi connectivity index (χ3v) is 5.11. The molecule has 0 unspecified atom stereocenters. The molecule has 0 radical (unpaired) electrons. The molecule has 1 saturated heterocycles. The summed E-state index contributed by atoms with van der Waals surface area (Å²) in [6.07, 6.45) is 4.93. The maximum absolute atomic E-state index is 12.1. The van der Waals surface area contributed by atoms with Crippen LogP contribution < -0.4 is 10.6 Å². The highest BCUT2D eigenvalue weighted by Gasteiger charge is 2.23. The van der Waals surface area contributed by atoms with E-state index in [1.807, 2.05) is 13.8 Å². The number of ether oxygens (including phenoxy) is 1. The highest BCUT2D eigenvalue weighted by molar-refractivity contribution is 5.90. The van der Waals surface area contributed by atoms with Crippen molar-refractivity contribution < 1.29 is 14.5 Å². The van der Waals surface area contributed by atoms with Crippen molar-refractivity contribution >= 4 is 29.0 Å². The summed E-state index contributed by atoms with van der Waals surface area (Å²) in [7, 11) is 0. The lowest BCUT2D eigenvalue weighted by molar-refractivity contribution is -0.383. The molecule has 172 valence electrons. The third-order valence-electron chi connectivity index (χ3n) is 5.11. The minimum Gasteiger partial charge on any atom is -0.462 e. The largest absolute Gasteiger partial charge is 0.462 e. The molecule has 1 aliphatic heterocycles. The van der Waals surface area contributed by atoms with Gasteiger partial charge in [0.1, 0.15) is 6.33 Å². The molecular formula is C22H30N6O4. The zero-order chi connectivity index (χ0) is 22.9. The van der Waals surface area contributed by atoms with Crippen LogP contribution in [0.15, 0.2) is 30.6 Å². The molecule has 1 aliphatic rings. The highest BCUT2D eigenvalue weighted by Crippen LogP contribution is 2.31. The van der Waals surface area contributed by atoms with Gasteiger partial charge in [-0.3, -0.25) is 10.1 Å². The lowest BCUT2D eigenvalue weighted by Gasteiger charge is -2.26. The predicted molar refractivity (Wildman–Crippen MR) is 122 cm³/mol. The Morgan fingerprint density at radius 2 is 1.84 bits per heavy atom. The van der Waals surface area contributed by atoms with Gasteiger partial charge >= 0.3 is 11.7 Å². The van der Waals surface area contributed by atoms with Crippen molar-refractivity contribution in [2.45, 2.75) is 33.1 Å². The van der Waals surface area contributed by atoms with Crippen molar-refractivity contribution in [1.82, 2.24) is 14.9 Å².